The van der Waals surface area contributed by atoms with E-state index in [1.165, 1.54) is 16.2 Å². The molecule has 3 fully saturated rings. The van der Waals surface area contributed by atoms with Gasteiger partial charge in [-0.15, -0.1) is 0 Å². The molecule has 4 N–H and O–H groups in total. The van der Waals surface area contributed by atoms with Gasteiger partial charge in [-0.2, -0.15) is 0 Å². The zero-order valence-corrected chi connectivity index (χ0v) is 21.3. The van der Waals surface area contributed by atoms with Crippen LogP contribution in [0.15, 0.2) is 30.3 Å². The van der Waals surface area contributed by atoms with Crippen LogP contribution in [0.25, 0.3) is 0 Å². The number of amides is 6. The number of primary amides is 1. The smallest absolute Gasteiger partial charge is 0.321 e. The van der Waals surface area contributed by atoms with Crippen LogP contribution in [-0.2, 0) is 14.3 Å². The molecule has 37 heavy (non-hydrogen) atoms. The molecule has 0 aromatic heterocycles. The van der Waals surface area contributed by atoms with Gasteiger partial charge < -0.3 is 35.8 Å². The minimum absolute atomic E-state index is 0.00942. The van der Waals surface area contributed by atoms with E-state index in [1.54, 1.807) is 17.0 Å². The third-order valence-electron chi connectivity index (χ3n) is 7.48. The fourth-order valence-corrected chi connectivity index (χ4v) is 5.35. The van der Waals surface area contributed by atoms with Gasteiger partial charge in [0.05, 0.1) is 19.8 Å². The molecule has 0 spiro atoms. The average Bonchev–Trinajstić information content (AvgIpc) is 2.93. The van der Waals surface area contributed by atoms with Crippen molar-refractivity contribution in [1.82, 2.24) is 20.0 Å². The van der Waals surface area contributed by atoms with Gasteiger partial charge in [0, 0.05) is 31.9 Å². The molecule has 11 heteroatoms. The van der Waals surface area contributed by atoms with Crippen LogP contribution in [0.2, 0.25) is 0 Å². The van der Waals surface area contributed by atoms with E-state index in [4.69, 9.17) is 10.5 Å². The van der Waals surface area contributed by atoms with Crippen LogP contribution in [0.1, 0.15) is 38.5 Å². The summed E-state index contributed by atoms with van der Waals surface area (Å²) in [4.78, 5) is 56.9. The lowest BCUT2D eigenvalue weighted by Gasteiger charge is -2.43. The minimum Gasteiger partial charge on any atom is -0.378 e. The number of nitrogens with two attached hydrogens (primary N) is 1. The van der Waals surface area contributed by atoms with Crippen molar-refractivity contribution in [3.8, 4) is 0 Å². The molecule has 0 radical (unpaired) electrons. The Balaban J connectivity index is 1.47. The third-order valence-corrected chi connectivity index (χ3v) is 7.48. The lowest BCUT2D eigenvalue weighted by Crippen LogP contribution is -2.65. The van der Waals surface area contributed by atoms with Gasteiger partial charge in [0.25, 0.3) is 0 Å². The summed E-state index contributed by atoms with van der Waals surface area (Å²) in [5.41, 5.74) is 6.31. The molecule has 1 saturated carbocycles. The number of carbonyl (C=O) groups excluding carboxylic acids is 4. The molecule has 2 aliphatic heterocycles. The Morgan fingerprint density at radius 3 is 2.32 bits per heavy atom. The van der Waals surface area contributed by atoms with E-state index in [2.05, 4.69) is 10.6 Å². The van der Waals surface area contributed by atoms with Gasteiger partial charge >= 0.3 is 12.1 Å². The van der Waals surface area contributed by atoms with Gasteiger partial charge in [-0.3, -0.25) is 9.59 Å². The van der Waals surface area contributed by atoms with Crippen molar-refractivity contribution in [3.63, 3.8) is 0 Å². The highest BCUT2D eigenvalue weighted by molar-refractivity contribution is 5.94. The summed E-state index contributed by atoms with van der Waals surface area (Å²) in [5, 5.41) is 5.66. The SMILES string of the molecule is NC(=O)[C@H](CC1CCCCC1)NC(=O)[C@@H]1CN(C(=O)Nc2ccccc2)CCN1C(=O)N1CCOCC1. The Kier molecular flexibility index (Phi) is 9.21. The van der Waals surface area contributed by atoms with Gasteiger partial charge in [-0.05, 0) is 24.5 Å². The summed E-state index contributed by atoms with van der Waals surface area (Å²) in [6.07, 6.45) is 5.92. The van der Waals surface area contributed by atoms with Crippen molar-refractivity contribution >= 4 is 29.6 Å². The van der Waals surface area contributed by atoms with Gasteiger partial charge in [0.2, 0.25) is 11.8 Å². The third kappa shape index (κ3) is 7.12. The first kappa shape index (κ1) is 26.7. The van der Waals surface area contributed by atoms with Crippen LogP contribution >= 0.6 is 0 Å². The maximum atomic E-state index is 13.6. The Labute approximate surface area is 217 Å². The first-order chi connectivity index (χ1) is 17.9. The number of morpholine rings is 1. The van der Waals surface area contributed by atoms with E-state index in [0.29, 0.717) is 44.3 Å². The summed E-state index contributed by atoms with van der Waals surface area (Å²) in [7, 11) is 0. The van der Waals surface area contributed by atoms with Crippen LogP contribution in [0.4, 0.5) is 15.3 Å². The molecular formula is C26H38N6O5. The van der Waals surface area contributed by atoms with E-state index in [-0.39, 0.29) is 31.7 Å². The molecule has 2 saturated heterocycles. The van der Waals surface area contributed by atoms with Gasteiger partial charge in [-0.1, -0.05) is 50.3 Å². The summed E-state index contributed by atoms with van der Waals surface area (Å²) in [5.74, 6) is -0.727. The molecule has 1 aliphatic carbocycles. The highest BCUT2D eigenvalue weighted by Gasteiger charge is 2.40. The predicted molar refractivity (Wildman–Crippen MR) is 138 cm³/mol. The lowest BCUT2D eigenvalue weighted by molar-refractivity contribution is -0.132. The normalized spacial score (nSPS) is 21.7. The van der Waals surface area contributed by atoms with Crippen LogP contribution < -0.4 is 16.4 Å². The zero-order chi connectivity index (χ0) is 26.2. The first-order valence-corrected chi connectivity index (χ1v) is 13.3. The highest BCUT2D eigenvalue weighted by atomic mass is 16.5. The predicted octanol–water partition coefficient (Wildman–Crippen LogP) is 1.60. The minimum atomic E-state index is -0.946. The molecule has 0 bridgehead atoms. The number of ether oxygens (including phenoxy) is 1. The zero-order valence-electron chi connectivity index (χ0n) is 21.3. The number of benzene rings is 1. The second kappa shape index (κ2) is 12.8. The second-order valence-electron chi connectivity index (χ2n) is 10.0. The number of nitrogens with one attached hydrogen (secondary N) is 2. The van der Waals surface area contributed by atoms with E-state index in [1.807, 2.05) is 18.2 Å². The van der Waals surface area contributed by atoms with Crippen LogP contribution in [-0.4, -0.2) is 96.6 Å². The highest BCUT2D eigenvalue weighted by Crippen LogP contribution is 2.27. The second-order valence-corrected chi connectivity index (χ2v) is 10.0. The fourth-order valence-electron chi connectivity index (χ4n) is 5.35. The van der Waals surface area contributed by atoms with Crippen molar-refractivity contribution in [1.29, 1.82) is 0 Å². The number of carbonyl (C=O) groups is 4. The number of urea groups is 2. The van der Waals surface area contributed by atoms with Crippen LogP contribution in [0.5, 0.6) is 0 Å². The Morgan fingerprint density at radius 1 is 0.946 bits per heavy atom. The number of rotatable bonds is 6. The van der Waals surface area contributed by atoms with Crippen molar-refractivity contribution in [2.24, 2.45) is 11.7 Å². The van der Waals surface area contributed by atoms with Gasteiger partial charge in [0.15, 0.2) is 0 Å². The molecule has 0 unspecified atom stereocenters. The summed E-state index contributed by atoms with van der Waals surface area (Å²) < 4.78 is 5.36. The van der Waals surface area contributed by atoms with Crippen molar-refractivity contribution < 1.29 is 23.9 Å². The molecular weight excluding hydrogens is 476 g/mol. The van der Waals surface area contributed by atoms with E-state index >= 15 is 0 Å². The molecule has 6 amide bonds. The standard InChI is InChI=1S/C26H38N6O5/c27-23(33)21(17-19-7-3-1-4-8-19)29-24(34)22-18-31(25(35)28-20-9-5-2-6-10-20)11-12-32(22)26(36)30-13-15-37-16-14-30/h2,5-6,9-10,19,21-22H,1,3-4,7-8,11-18H2,(H2,27,33)(H,28,35)(H,29,34)/t21-,22-/m0/s1. The number of hydrogen-bond donors (Lipinski definition) is 3. The molecule has 1 aromatic carbocycles. The maximum Gasteiger partial charge on any atom is 0.321 e. The molecule has 11 nitrogen and oxygen atoms in total. The monoisotopic (exact) mass is 514 g/mol. The van der Waals surface area contributed by atoms with Crippen molar-refractivity contribution in [2.45, 2.75) is 50.6 Å². The van der Waals surface area contributed by atoms with Crippen LogP contribution in [0.3, 0.4) is 0 Å². The number of nitrogens with zero attached hydrogens (tertiary/aromatic N) is 3. The Morgan fingerprint density at radius 2 is 1.65 bits per heavy atom. The van der Waals surface area contributed by atoms with E-state index in [9.17, 15) is 19.2 Å². The molecule has 2 atom stereocenters. The van der Waals surface area contributed by atoms with E-state index in [0.717, 1.165) is 25.7 Å². The summed E-state index contributed by atoms with van der Waals surface area (Å²) in [6, 6.07) is 6.68. The lowest BCUT2D eigenvalue weighted by atomic mass is 9.84. The maximum absolute atomic E-state index is 13.6. The van der Waals surface area contributed by atoms with E-state index < -0.39 is 23.9 Å². The summed E-state index contributed by atoms with van der Waals surface area (Å²) in [6.45, 7) is 2.23. The first-order valence-electron chi connectivity index (χ1n) is 13.3. The average molecular weight is 515 g/mol. The molecule has 4 rings (SSSR count). The summed E-state index contributed by atoms with van der Waals surface area (Å²) >= 11 is 0. The van der Waals surface area contributed by atoms with Crippen molar-refractivity contribution in [3.05, 3.63) is 30.3 Å². The number of hydrogen-bond acceptors (Lipinski definition) is 5. The number of anilines is 1. The van der Waals surface area contributed by atoms with Crippen molar-refractivity contribution in [2.75, 3.05) is 51.3 Å². The Bertz CT molecular complexity index is 948. The van der Waals surface area contributed by atoms with Gasteiger partial charge in [0.1, 0.15) is 12.1 Å². The molecule has 3 aliphatic rings. The largest absolute Gasteiger partial charge is 0.378 e. The molecule has 1 aromatic rings. The molecule has 2 heterocycles. The Hall–Kier alpha value is -3.34. The number of piperazine rings is 1. The molecule has 202 valence electrons. The fraction of sp³-hybridized carbons (Fsp3) is 0.615. The number of para-hydroxylation sites is 1. The van der Waals surface area contributed by atoms with Gasteiger partial charge in [-0.25, -0.2) is 9.59 Å². The quantitative estimate of drug-likeness (QED) is 0.530. The topological polar surface area (TPSA) is 137 Å². The van der Waals surface area contributed by atoms with Crippen LogP contribution in [0, 0.1) is 5.92 Å².